The largest absolute Gasteiger partial charge is 0.480 e. The first-order valence-electron chi connectivity index (χ1n) is 5.22. The monoisotopic (exact) mass is 387 g/mol. The molecule has 1 N–H and O–H groups in total. The van der Waals surface area contributed by atoms with Gasteiger partial charge in [-0.3, -0.25) is 4.79 Å². The molecule has 1 aromatic rings. The highest BCUT2D eigenvalue weighted by Crippen LogP contribution is 2.33. The molecule has 0 saturated carbocycles. The Morgan fingerprint density at radius 2 is 2.10 bits per heavy atom. The fraction of sp³-hybridized carbons (Fsp3) is 0.300. The van der Waals surface area contributed by atoms with Crippen LogP contribution >= 0.6 is 27.7 Å². The molecule has 1 unspecified atom stereocenters. The van der Waals surface area contributed by atoms with Crippen LogP contribution in [-0.2, 0) is 14.8 Å². The SMILES string of the molecule is O=C(O)C1CSCN1S(=O)(=O)c1c(F)cc(F)cc1Br. The summed E-state index contributed by atoms with van der Waals surface area (Å²) in [4.78, 5) is 10.3. The van der Waals surface area contributed by atoms with Gasteiger partial charge in [0.1, 0.15) is 22.6 Å². The van der Waals surface area contributed by atoms with Crippen LogP contribution in [-0.4, -0.2) is 41.5 Å². The van der Waals surface area contributed by atoms with E-state index in [0.717, 1.165) is 17.8 Å². The van der Waals surface area contributed by atoms with Crippen LogP contribution in [0.25, 0.3) is 0 Å². The summed E-state index contributed by atoms with van der Waals surface area (Å²) in [6, 6.07) is -0.00710. The number of aliphatic carboxylic acids is 1. The number of nitrogens with zero attached hydrogens (tertiary/aromatic N) is 1. The summed E-state index contributed by atoms with van der Waals surface area (Å²) in [6.07, 6.45) is 0. The van der Waals surface area contributed by atoms with E-state index in [1.54, 1.807) is 0 Å². The molecule has 110 valence electrons. The van der Waals surface area contributed by atoms with E-state index in [4.69, 9.17) is 5.11 Å². The van der Waals surface area contributed by atoms with Gasteiger partial charge in [0.25, 0.3) is 0 Å². The summed E-state index contributed by atoms with van der Waals surface area (Å²) in [6.45, 7) is 0. The zero-order valence-electron chi connectivity index (χ0n) is 9.72. The van der Waals surface area contributed by atoms with Crippen molar-refractivity contribution in [3.8, 4) is 0 Å². The minimum absolute atomic E-state index is 0.0784. The van der Waals surface area contributed by atoms with Crippen molar-refractivity contribution in [2.45, 2.75) is 10.9 Å². The molecule has 20 heavy (non-hydrogen) atoms. The maximum atomic E-state index is 13.8. The van der Waals surface area contributed by atoms with E-state index in [2.05, 4.69) is 15.9 Å². The molecule has 10 heteroatoms. The molecule has 1 aliphatic rings. The average Bonchev–Trinajstić information content (AvgIpc) is 2.75. The van der Waals surface area contributed by atoms with Gasteiger partial charge >= 0.3 is 5.97 Å². The number of hydrogen-bond acceptors (Lipinski definition) is 4. The second-order valence-electron chi connectivity index (χ2n) is 3.94. The summed E-state index contributed by atoms with van der Waals surface area (Å²) in [5, 5.41) is 8.99. The van der Waals surface area contributed by atoms with Crippen LogP contribution in [0.2, 0.25) is 0 Å². The Labute approximate surface area is 126 Å². The minimum Gasteiger partial charge on any atom is -0.480 e. The Kier molecular flexibility index (Phi) is 4.38. The van der Waals surface area contributed by atoms with E-state index in [1.165, 1.54) is 0 Å². The highest BCUT2D eigenvalue weighted by molar-refractivity contribution is 9.10. The highest BCUT2D eigenvalue weighted by atomic mass is 79.9. The first-order chi connectivity index (χ1) is 9.25. The zero-order chi connectivity index (χ0) is 15.1. The maximum Gasteiger partial charge on any atom is 0.322 e. The molecule has 1 aromatic carbocycles. The number of carboxylic acid groups (broad SMARTS) is 1. The average molecular weight is 388 g/mol. The Morgan fingerprint density at radius 1 is 1.45 bits per heavy atom. The lowest BCUT2D eigenvalue weighted by Crippen LogP contribution is -2.42. The van der Waals surface area contributed by atoms with Gasteiger partial charge in [0.05, 0.1) is 5.88 Å². The quantitative estimate of drug-likeness (QED) is 0.856. The van der Waals surface area contributed by atoms with Crippen molar-refractivity contribution >= 4 is 43.7 Å². The van der Waals surface area contributed by atoms with E-state index in [-0.39, 0.29) is 16.1 Å². The lowest BCUT2D eigenvalue weighted by Gasteiger charge is -2.21. The van der Waals surface area contributed by atoms with Gasteiger partial charge in [0.2, 0.25) is 10.0 Å². The van der Waals surface area contributed by atoms with Gasteiger partial charge in [-0.1, -0.05) is 0 Å². The highest BCUT2D eigenvalue weighted by Gasteiger charge is 2.42. The van der Waals surface area contributed by atoms with Gasteiger partial charge in [-0.15, -0.1) is 11.8 Å². The predicted octanol–water partition coefficient (Wildman–Crippen LogP) is 1.88. The second kappa shape index (κ2) is 5.58. The first kappa shape index (κ1) is 15.7. The van der Waals surface area contributed by atoms with Crippen molar-refractivity contribution in [3.05, 3.63) is 28.2 Å². The van der Waals surface area contributed by atoms with Crippen molar-refractivity contribution in [2.24, 2.45) is 0 Å². The molecule has 1 aliphatic heterocycles. The molecule has 1 heterocycles. The maximum absolute atomic E-state index is 13.8. The summed E-state index contributed by atoms with van der Waals surface area (Å²) in [7, 11) is -4.37. The van der Waals surface area contributed by atoms with Crippen LogP contribution in [0.5, 0.6) is 0 Å². The third-order valence-electron chi connectivity index (χ3n) is 2.66. The number of halogens is 3. The van der Waals surface area contributed by atoms with E-state index in [0.29, 0.717) is 10.4 Å². The Bertz CT molecular complexity index is 644. The summed E-state index contributed by atoms with van der Waals surface area (Å²) >= 11 is 3.91. The molecule has 0 spiro atoms. The number of thioether (sulfide) groups is 1. The molecule has 0 bridgehead atoms. The minimum atomic E-state index is -4.37. The van der Waals surface area contributed by atoms with Gasteiger partial charge < -0.3 is 5.11 Å². The third kappa shape index (κ3) is 2.69. The van der Waals surface area contributed by atoms with Crippen molar-refractivity contribution < 1.29 is 27.1 Å². The van der Waals surface area contributed by atoms with Crippen LogP contribution in [0.3, 0.4) is 0 Å². The summed E-state index contributed by atoms with van der Waals surface area (Å²) in [5.41, 5.74) is 0. The lowest BCUT2D eigenvalue weighted by atomic mass is 10.3. The van der Waals surface area contributed by atoms with Crippen LogP contribution in [0.15, 0.2) is 21.5 Å². The molecular formula is C10H8BrF2NO4S2. The molecule has 0 radical (unpaired) electrons. The van der Waals surface area contributed by atoms with E-state index in [1.807, 2.05) is 0 Å². The van der Waals surface area contributed by atoms with Gasteiger partial charge in [0, 0.05) is 16.3 Å². The van der Waals surface area contributed by atoms with Gasteiger partial charge in [0.15, 0.2) is 0 Å². The van der Waals surface area contributed by atoms with E-state index < -0.39 is 38.6 Å². The Balaban J connectivity index is 2.54. The third-order valence-corrected chi connectivity index (χ3v) is 6.65. The van der Waals surface area contributed by atoms with Crippen molar-refractivity contribution in [1.29, 1.82) is 0 Å². The van der Waals surface area contributed by atoms with Crippen molar-refractivity contribution in [2.75, 3.05) is 11.6 Å². The van der Waals surface area contributed by atoms with Crippen molar-refractivity contribution in [1.82, 2.24) is 4.31 Å². The number of carboxylic acids is 1. The number of rotatable bonds is 3. The standard InChI is InChI=1S/C10H8BrF2NO4S2/c11-6-1-5(12)2-7(13)9(6)20(17,18)14-4-19-3-8(14)10(15)16/h1-2,8H,3-4H2,(H,15,16). The molecule has 5 nitrogen and oxygen atoms in total. The second-order valence-corrected chi connectivity index (χ2v) is 7.63. The molecule has 0 aromatic heterocycles. The smallest absolute Gasteiger partial charge is 0.322 e. The summed E-state index contributed by atoms with van der Waals surface area (Å²) in [5.74, 6) is -3.52. The van der Waals surface area contributed by atoms with Crippen LogP contribution in [0.4, 0.5) is 8.78 Å². The molecule has 2 rings (SSSR count). The van der Waals surface area contributed by atoms with Crippen LogP contribution in [0, 0.1) is 11.6 Å². The molecule has 1 atom stereocenters. The van der Waals surface area contributed by atoms with Crippen molar-refractivity contribution in [3.63, 3.8) is 0 Å². The molecule has 0 aliphatic carbocycles. The summed E-state index contributed by atoms with van der Waals surface area (Å²) < 4.78 is 51.9. The predicted molar refractivity (Wildman–Crippen MR) is 71.8 cm³/mol. The normalized spacial score (nSPS) is 20.2. The van der Waals surface area contributed by atoms with E-state index in [9.17, 15) is 22.0 Å². The van der Waals surface area contributed by atoms with E-state index >= 15 is 0 Å². The topological polar surface area (TPSA) is 74.7 Å². The van der Waals surface area contributed by atoms with Crippen LogP contribution < -0.4 is 0 Å². The molecule has 0 amide bonds. The molecule has 1 fully saturated rings. The number of benzene rings is 1. The first-order valence-corrected chi connectivity index (χ1v) is 8.61. The molecular weight excluding hydrogens is 380 g/mol. The van der Waals surface area contributed by atoms with Gasteiger partial charge in [-0.05, 0) is 22.0 Å². The van der Waals surface area contributed by atoms with Crippen LogP contribution in [0.1, 0.15) is 0 Å². The van der Waals surface area contributed by atoms with Gasteiger partial charge in [-0.2, -0.15) is 4.31 Å². The molecule has 1 saturated heterocycles. The number of carbonyl (C=O) groups is 1. The fourth-order valence-electron chi connectivity index (χ4n) is 1.75. The lowest BCUT2D eigenvalue weighted by molar-refractivity contribution is -0.140. The number of sulfonamides is 1. The zero-order valence-corrected chi connectivity index (χ0v) is 12.9. The van der Waals surface area contributed by atoms with Gasteiger partial charge in [-0.25, -0.2) is 17.2 Å². The number of hydrogen-bond donors (Lipinski definition) is 1. The fourth-order valence-corrected chi connectivity index (χ4v) is 6.00. The Morgan fingerprint density at radius 3 is 2.65 bits per heavy atom. The Hall–Kier alpha value is -0.710.